The van der Waals surface area contributed by atoms with E-state index in [-0.39, 0.29) is 11.8 Å². The molecular weight excluding hydrogens is 278 g/mol. The van der Waals surface area contributed by atoms with Gasteiger partial charge in [0.15, 0.2) is 0 Å². The lowest BCUT2D eigenvalue weighted by atomic mass is 9.66. The lowest BCUT2D eigenvalue weighted by molar-refractivity contribution is -0.00540. The lowest BCUT2D eigenvalue weighted by Gasteiger charge is -2.41. The van der Waals surface area contributed by atoms with E-state index in [1.807, 2.05) is 6.92 Å². The molecule has 0 spiro atoms. The molecule has 22 heavy (non-hydrogen) atoms. The fraction of sp³-hybridized carbons (Fsp3) is 0.900. The van der Waals surface area contributed by atoms with E-state index in [1.54, 1.807) is 5.57 Å². The Morgan fingerprint density at radius 1 is 0.864 bits per heavy atom. The third-order valence-electron chi connectivity index (χ3n) is 6.82. The molecule has 2 heteroatoms. The molecule has 5 atom stereocenters. The zero-order valence-corrected chi connectivity index (χ0v) is 14.2. The van der Waals surface area contributed by atoms with Crippen LogP contribution in [0.1, 0.15) is 71.6 Å². The summed E-state index contributed by atoms with van der Waals surface area (Å²) in [5.41, 5.74) is 1.67. The summed E-state index contributed by atoms with van der Waals surface area (Å²) in [6.45, 7) is 4.20. The van der Waals surface area contributed by atoms with Crippen LogP contribution in [0.25, 0.3) is 0 Å². The first kappa shape index (κ1) is 16.5. The van der Waals surface area contributed by atoms with Crippen LogP contribution in [0, 0.1) is 29.6 Å². The Kier molecular flexibility index (Phi) is 5.24. The third kappa shape index (κ3) is 3.41. The smallest absolute Gasteiger partial charge is 0.134 e. The molecule has 3 aliphatic rings. The largest absolute Gasteiger partial charge is 0.244 e. The van der Waals surface area contributed by atoms with Crippen LogP contribution in [0.4, 0.5) is 8.78 Å². The van der Waals surface area contributed by atoms with Gasteiger partial charge in [-0.2, -0.15) is 0 Å². The van der Waals surface area contributed by atoms with Gasteiger partial charge in [-0.05, 0) is 87.4 Å². The summed E-state index contributed by atoms with van der Waals surface area (Å²) in [5.74, 6) is 1.92. The van der Waals surface area contributed by atoms with E-state index >= 15 is 0 Å². The molecule has 0 aromatic rings. The Balaban J connectivity index is 1.53. The van der Waals surface area contributed by atoms with Crippen molar-refractivity contribution in [1.82, 2.24) is 0 Å². The second-order valence-electron chi connectivity index (χ2n) is 8.38. The van der Waals surface area contributed by atoms with Crippen LogP contribution in [0.15, 0.2) is 11.6 Å². The van der Waals surface area contributed by atoms with Crippen molar-refractivity contribution in [2.75, 3.05) is 0 Å². The molecule has 0 aromatic heterocycles. The van der Waals surface area contributed by atoms with Gasteiger partial charge in [-0.1, -0.05) is 25.5 Å². The Hall–Kier alpha value is -0.400. The number of allylic oxidation sites excluding steroid dienone is 2. The molecule has 0 radical (unpaired) electrons. The first-order chi connectivity index (χ1) is 10.6. The second kappa shape index (κ2) is 7.01. The van der Waals surface area contributed by atoms with Gasteiger partial charge in [-0.15, -0.1) is 0 Å². The van der Waals surface area contributed by atoms with Crippen LogP contribution in [0.5, 0.6) is 0 Å². The molecule has 3 rings (SSSR count). The van der Waals surface area contributed by atoms with Gasteiger partial charge >= 0.3 is 0 Å². The number of halogens is 2. The van der Waals surface area contributed by atoms with Crippen molar-refractivity contribution in [3.05, 3.63) is 11.6 Å². The van der Waals surface area contributed by atoms with Crippen LogP contribution in [0.3, 0.4) is 0 Å². The molecule has 0 heterocycles. The molecule has 0 nitrogen and oxygen atoms in total. The molecule has 2 saturated carbocycles. The van der Waals surface area contributed by atoms with E-state index in [2.05, 4.69) is 13.0 Å². The fourth-order valence-corrected chi connectivity index (χ4v) is 5.09. The molecule has 0 saturated heterocycles. The molecule has 0 aromatic carbocycles. The number of alkyl halides is 2. The van der Waals surface area contributed by atoms with Crippen molar-refractivity contribution in [3.8, 4) is 0 Å². The van der Waals surface area contributed by atoms with E-state index in [1.165, 1.54) is 32.1 Å². The summed E-state index contributed by atoms with van der Waals surface area (Å²) in [5, 5.41) is 0. The van der Waals surface area contributed by atoms with E-state index in [0.29, 0.717) is 5.92 Å². The molecule has 0 aliphatic heterocycles. The molecule has 0 N–H and O–H groups in total. The minimum atomic E-state index is -1.22. The first-order valence-electron chi connectivity index (χ1n) is 9.53. The van der Waals surface area contributed by atoms with Crippen molar-refractivity contribution in [3.63, 3.8) is 0 Å². The van der Waals surface area contributed by atoms with Crippen molar-refractivity contribution in [2.24, 2.45) is 29.6 Å². The SMILES string of the molecule is CC1CC=C(C2CCC(C3CCC(C)C(F)C3F)CC2)CC1. The standard InChI is InChI=1S/C20H32F2/c1-13-3-6-15(7-4-13)16-8-10-17(11-9-16)18-12-5-14(2)19(21)20(18)22/h6,13-14,16-20H,3-5,7-12H2,1-2H3. The summed E-state index contributed by atoms with van der Waals surface area (Å²) in [7, 11) is 0. The van der Waals surface area contributed by atoms with Crippen LogP contribution in [-0.4, -0.2) is 12.3 Å². The summed E-state index contributed by atoms with van der Waals surface area (Å²) in [6, 6.07) is 0. The summed E-state index contributed by atoms with van der Waals surface area (Å²) < 4.78 is 28.4. The molecule has 3 aliphatic carbocycles. The molecule has 5 unspecified atom stereocenters. The highest BCUT2D eigenvalue weighted by atomic mass is 19.2. The maximum Gasteiger partial charge on any atom is 0.134 e. The molecule has 0 amide bonds. The van der Waals surface area contributed by atoms with E-state index in [4.69, 9.17) is 0 Å². The average molecular weight is 310 g/mol. The summed E-state index contributed by atoms with van der Waals surface area (Å²) >= 11 is 0. The number of rotatable bonds is 2. The number of hydrogen-bond donors (Lipinski definition) is 0. The highest BCUT2D eigenvalue weighted by Crippen LogP contribution is 2.45. The quantitative estimate of drug-likeness (QED) is 0.528. The summed E-state index contributed by atoms with van der Waals surface area (Å²) in [6.07, 6.45) is 10.3. The Morgan fingerprint density at radius 2 is 1.59 bits per heavy atom. The monoisotopic (exact) mass is 310 g/mol. The minimum absolute atomic E-state index is 0.00694. The van der Waals surface area contributed by atoms with E-state index in [9.17, 15) is 8.78 Å². The van der Waals surface area contributed by atoms with E-state index < -0.39 is 12.3 Å². The second-order valence-corrected chi connectivity index (χ2v) is 8.38. The fourth-order valence-electron chi connectivity index (χ4n) is 5.09. The topological polar surface area (TPSA) is 0 Å². The van der Waals surface area contributed by atoms with Crippen molar-refractivity contribution >= 4 is 0 Å². The molecule has 2 fully saturated rings. The zero-order chi connectivity index (χ0) is 15.7. The van der Waals surface area contributed by atoms with Crippen LogP contribution < -0.4 is 0 Å². The molecular formula is C20H32F2. The van der Waals surface area contributed by atoms with Gasteiger partial charge in [0.25, 0.3) is 0 Å². The van der Waals surface area contributed by atoms with Gasteiger partial charge in [-0.3, -0.25) is 0 Å². The van der Waals surface area contributed by atoms with Gasteiger partial charge in [0, 0.05) is 0 Å². The third-order valence-corrected chi connectivity index (χ3v) is 6.82. The van der Waals surface area contributed by atoms with Crippen LogP contribution >= 0.6 is 0 Å². The van der Waals surface area contributed by atoms with Crippen LogP contribution in [-0.2, 0) is 0 Å². The minimum Gasteiger partial charge on any atom is -0.244 e. The van der Waals surface area contributed by atoms with Crippen LogP contribution in [0.2, 0.25) is 0 Å². The molecule has 126 valence electrons. The summed E-state index contributed by atoms with van der Waals surface area (Å²) in [4.78, 5) is 0. The first-order valence-corrected chi connectivity index (χ1v) is 9.53. The lowest BCUT2D eigenvalue weighted by Crippen LogP contribution is -2.41. The Bertz CT molecular complexity index is 395. The van der Waals surface area contributed by atoms with Gasteiger partial charge in [0.05, 0.1) is 0 Å². The average Bonchev–Trinajstić information content (AvgIpc) is 2.54. The van der Waals surface area contributed by atoms with Gasteiger partial charge in [0.1, 0.15) is 12.3 Å². The van der Waals surface area contributed by atoms with Crippen molar-refractivity contribution < 1.29 is 8.78 Å². The normalized spacial score (nSPS) is 47.1. The predicted octanol–water partition coefficient (Wildman–Crippen LogP) is 6.26. The molecule has 0 bridgehead atoms. The van der Waals surface area contributed by atoms with Gasteiger partial charge < -0.3 is 0 Å². The number of hydrogen-bond acceptors (Lipinski definition) is 0. The van der Waals surface area contributed by atoms with Crippen molar-refractivity contribution in [1.29, 1.82) is 0 Å². The Labute approximate surface area is 134 Å². The highest BCUT2D eigenvalue weighted by molar-refractivity contribution is 5.11. The van der Waals surface area contributed by atoms with Gasteiger partial charge in [0.2, 0.25) is 0 Å². The maximum atomic E-state index is 14.4. The predicted molar refractivity (Wildman–Crippen MR) is 88.2 cm³/mol. The van der Waals surface area contributed by atoms with Gasteiger partial charge in [-0.25, -0.2) is 8.78 Å². The zero-order valence-electron chi connectivity index (χ0n) is 14.2. The Morgan fingerprint density at radius 3 is 2.23 bits per heavy atom. The van der Waals surface area contributed by atoms with E-state index in [0.717, 1.165) is 37.5 Å². The highest BCUT2D eigenvalue weighted by Gasteiger charge is 2.42. The van der Waals surface area contributed by atoms with Crippen molar-refractivity contribution in [2.45, 2.75) is 84.0 Å². The maximum absolute atomic E-state index is 14.4.